The number of benzene rings is 1. The van der Waals surface area contributed by atoms with Gasteiger partial charge in [-0.1, -0.05) is 68.9 Å². The third-order valence-electron chi connectivity index (χ3n) is 1.92. The van der Waals surface area contributed by atoms with Crippen molar-refractivity contribution in [1.82, 2.24) is 0 Å². The van der Waals surface area contributed by atoms with Crippen LogP contribution in [0.3, 0.4) is 0 Å². The van der Waals surface area contributed by atoms with Crippen LogP contribution in [0.2, 0.25) is 0 Å². The summed E-state index contributed by atoms with van der Waals surface area (Å²) in [5, 5.41) is 9.47. The molecule has 0 aliphatic rings. The molecule has 92 valence electrons. The highest BCUT2D eigenvalue weighted by atomic mass is 32.2. The third kappa shape index (κ3) is 5.71. The van der Waals surface area contributed by atoms with Crippen molar-refractivity contribution in [2.24, 2.45) is 0 Å². The van der Waals surface area contributed by atoms with Gasteiger partial charge in [0.15, 0.2) is 0 Å². The smallest absolute Gasteiger partial charge is 0.221 e. The Bertz CT molecular complexity index is 390. The lowest BCUT2D eigenvalue weighted by molar-refractivity contribution is -0.116. The van der Waals surface area contributed by atoms with Gasteiger partial charge in [0.25, 0.3) is 0 Å². The lowest BCUT2D eigenvalue weighted by atomic mass is 10.2. The van der Waals surface area contributed by atoms with Crippen LogP contribution in [0.1, 0.15) is 26.3 Å². The van der Waals surface area contributed by atoms with Crippen LogP contribution in [0.4, 0.5) is 0 Å². The lowest BCUT2D eigenvalue weighted by Gasteiger charge is -2.17. The molecule has 0 fully saturated rings. The van der Waals surface area contributed by atoms with E-state index in [1.807, 2.05) is 51.1 Å². The SMILES string of the molecule is CC(C)(C)SC(=O)[C@H](O)/C=C/c1ccccc1. The minimum absolute atomic E-state index is 0.168. The third-order valence-corrected chi connectivity index (χ3v) is 2.97. The van der Waals surface area contributed by atoms with Gasteiger partial charge in [-0.3, -0.25) is 4.79 Å². The number of aliphatic hydroxyl groups is 1. The van der Waals surface area contributed by atoms with Crippen LogP contribution < -0.4 is 0 Å². The van der Waals surface area contributed by atoms with E-state index in [4.69, 9.17) is 0 Å². The van der Waals surface area contributed by atoms with Crippen LogP contribution >= 0.6 is 11.8 Å². The van der Waals surface area contributed by atoms with Crippen LogP contribution in [0.5, 0.6) is 0 Å². The maximum Gasteiger partial charge on any atom is 0.221 e. The van der Waals surface area contributed by atoms with Gasteiger partial charge in [0.1, 0.15) is 6.10 Å². The van der Waals surface area contributed by atoms with Crippen LogP contribution in [0.25, 0.3) is 6.08 Å². The predicted molar refractivity (Wildman–Crippen MR) is 73.8 cm³/mol. The van der Waals surface area contributed by atoms with Gasteiger partial charge in [-0.15, -0.1) is 0 Å². The fraction of sp³-hybridized carbons (Fsp3) is 0.357. The van der Waals surface area contributed by atoms with Crippen LogP contribution in [-0.2, 0) is 4.79 Å². The molecule has 0 aliphatic heterocycles. The highest BCUT2D eigenvalue weighted by Gasteiger charge is 2.21. The molecular weight excluding hydrogens is 232 g/mol. The summed E-state index contributed by atoms with van der Waals surface area (Å²) in [4.78, 5) is 11.6. The minimum Gasteiger partial charge on any atom is -0.380 e. The molecule has 0 saturated carbocycles. The Morgan fingerprint density at radius 1 is 1.29 bits per heavy atom. The Morgan fingerprint density at radius 2 is 1.88 bits per heavy atom. The molecular formula is C14H18O2S. The average Bonchev–Trinajstić information content (AvgIpc) is 2.25. The van der Waals surface area contributed by atoms with Gasteiger partial charge < -0.3 is 5.11 Å². The van der Waals surface area contributed by atoms with E-state index < -0.39 is 6.10 Å². The number of hydrogen-bond donors (Lipinski definition) is 1. The maximum absolute atomic E-state index is 11.6. The van der Waals surface area contributed by atoms with Crippen molar-refractivity contribution < 1.29 is 9.90 Å². The van der Waals surface area contributed by atoms with Gasteiger partial charge in [-0.05, 0) is 11.6 Å². The molecule has 0 spiro atoms. The van der Waals surface area contributed by atoms with Crippen molar-refractivity contribution in [2.75, 3.05) is 0 Å². The first-order chi connectivity index (χ1) is 7.88. The summed E-state index contributed by atoms with van der Waals surface area (Å²) in [6, 6.07) is 9.60. The molecule has 1 N–H and O–H groups in total. The summed E-state index contributed by atoms with van der Waals surface area (Å²) in [5.41, 5.74) is 0.972. The highest BCUT2D eigenvalue weighted by Crippen LogP contribution is 2.25. The summed E-state index contributed by atoms with van der Waals surface area (Å²) in [7, 11) is 0. The van der Waals surface area contributed by atoms with Gasteiger partial charge in [-0.25, -0.2) is 0 Å². The molecule has 1 rings (SSSR count). The number of rotatable bonds is 3. The van der Waals surface area contributed by atoms with Gasteiger partial charge in [0.05, 0.1) is 0 Å². The number of carbonyl (C=O) groups excluding carboxylic acids is 1. The van der Waals surface area contributed by atoms with E-state index in [0.717, 1.165) is 17.3 Å². The molecule has 3 heteroatoms. The first-order valence-electron chi connectivity index (χ1n) is 5.53. The molecule has 0 aromatic heterocycles. The molecule has 17 heavy (non-hydrogen) atoms. The molecule has 0 saturated heterocycles. The molecule has 0 unspecified atom stereocenters. The summed E-state index contributed by atoms with van der Waals surface area (Å²) < 4.78 is -0.168. The van der Waals surface area contributed by atoms with E-state index in [1.54, 1.807) is 6.08 Å². The molecule has 0 amide bonds. The van der Waals surface area contributed by atoms with E-state index in [1.165, 1.54) is 6.08 Å². The van der Waals surface area contributed by atoms with Gasteiger partial charge in [0, 0.05) is 4.75 Å². The second kappa shape index (κ2) is 6.03. The van der Waals surface area contributed by atoms with Gasteiger partial charge >= 0.3 is 0 Å². The molecule has 0 heterocycles. The predicted octanol–water partition coefficient (Wildman–Crippen LogP) is 3.12. The van der Waals surface area contributed by atoms with Crippen LogP contribution in [0.15, 0.2) is 36.4 Å². The second-order valence-corrected chi connectivity index (χ2v) is 6.58. The van der Waals surface area contributed by atoms with Gasteiger partial charge in [-0.2, -0.15) is 0 Å². The summed E-state index contributed by atoms with van der Waals surface area (Å²) >= 11 is 1.16. The Hall–Kier alpha value is -1.06. The van der Waals surface area contributed by atoms with Crippen molar-refractivity contribution in [2.45, 2.75) is 31.6 Å². The Labute approximate surface area is 107 Å². The Kier molecular flexibility index (Phi) is 4.97. The largest absolute Gasteiger partial charge is 0.380 e. The van der Waals surface area contributed by atoms with Crippen molar-refractivity contribution in [3.63, 3.8) is 0 Å². The van der Waals surface area contributed by atoms with Gasteiger partial charge in [0.2, 0.25) is 5.12 Å². The first kappa shape index (κ1) is 14.0. The molecule has 0 aliphatic carbocycles. The first-order valence-corrected chi connectivity index (χ1v) is 6.34. The van der Waals surface area contributed by atoms with Crippen LogP contribution in [0, 0.1) is 0 Å². The van der Waals surface area contributed by atoms with Crippen molar-refractivity contribution in [1.29, 1.82) is 0 Å². The zero-order chi connectivity index (χ0) is 12.9. The van der Waals surface area contributed by atoms with E-state index in [0.29, 0.717) is 0 Å². The highest BCUT2D eigenvalue weighted by molar-refractivity contribution is 8.14. The molecule has 1 aromatic rings. The molecule has 2 nitrogen and oxygen atoms in total. The Balaban J connectivity index is 2.58. The maximum atomic E-state index is 11.6. The lowest BCUT2D eigenvalue weighted by Crippen LogP contribution is -2.20. The zero-order valence-electron chi connectivity index (χ0n) is 10.4. The Morgan fingerprint density at radius 3 is 2.41 bits per heavy atom. The molecule has 1 atom stereocenters. The number of carbonyl (C=O) groups is 1. The topological polar surface area (TPSA) is 37.3 Å². The number of thioether (sulfide) groups is 1. The summed E-state index contributed by atoms with van der Waals surface area (Å²) in [5.74, 6) is 0. The zero-order valence-corrected chi connectivity index (χ0v) is 11.2. The minimum atomic E-state index is -1.04. The van der Waals surface area contributed by atoms with Crippen LogP contribution in [-0.4, -0.2) is 21.1 Å². The van der Waals surface area contributed by atoms with E-state index in [9.17, 15) is 9.90 Å². The van der Waals surface area contributed by atoms with Crippen molar-refractivity contribution in [3.05, 3.63) is 42.0 Å². The standard InChI is InChI=1S/C14H18O2S/c1-14(2,3)17-13(16)12(15)10-9-11-7-5-4-6-8-11/h4-10,12,15H,1-3H3/b10-9+/t12-/m1/s1. The molecule has 0 bridgehead atoms. The molecule has 1 aromatic carbocycles. The van der Waals surface area contributed by atoms with E-state index in [-0.39, 0.29) is 9.86 Å². The van der Waals surface area contributed by atoms with Crippen molar-refractivity contribution >= 4 is 23.0 Å². The summed E-state index contributed by atoms with van der Waals surface area (Å²) in [6.07, 6.45) is 2.24. The second-order valence-electron chi connectivity index (χ2n) is 4.75. The monoisotopic (exact) mass is 250 g/mol. The number of aliphatic hydroxyl groups excluding tert-OH is 1. The number of hydrogen-bond acceptors (Lipinski definition) is 3. The quantitative estimate of drug-likeness (QED) is 0.895. The normalized spacial score (nSPS) is 13.9. The van der Waals surface area contributed by atoms with Crippen molar-refractivity contribution in [3.8, 4) is 0 Å². The average molecular weight is 250 g/mol. The fourth-order valence-electron chi connectivity index (χ4n) is 1.21. The summed E-state index contributed by atoms with van der Waals surface area (Å²) in [6.45, 7) is 5.84. The van der Waals surface area contributed by atoms with E-state index >= 15 is 0 Å². The van der Waals surface area contributed by atoms with E-state index in [2.05, 4.69) is 0 Å². The molecule has 0 radical (unpaired) electrons. The fourth-order valence-corrected chi connectivity index (χ4v) is 2.01.